The number of hydrogen-bond donors (Lipinski definition) is 2. The number of carboxylic acids is 1. The normalized spacial score (nSPS) is 13.4. The lowest BCUT2D eigenvalue weighted by Crippen LogP contribution is -2.33. The Kier molecular flexibility index (Phi) is 7.52. The van der Waals surface area contributed by atoms with Crippen LogP contribution in [0.1, 0.15) is 25.3 Å². The van der Waals surface area contributed by atoms with Crippen LogP contribution in [0.4, 0.5) is 4.39 Å². The molecule has 1 rings (SSSR count). The lowest BCUT2D eigenvalue weighted by molar-refractivity contribution is -0.142. The Hall–Kier alpha value is -1.95. The summed E-state index contributed by atoms with van der Waals surface area (Å²) in [6.07, 6.45) is 0.742. The first-order chi connectivity index (χ1) is 10.4. The van der Waals surface area contributed by atoms with Crippen LogP contribution >= 0.6 is 0 Å². The summed E-state index contributed by atoms with van der Waals surface area (Å²) in [7, 11) is 0. The number of carbonyl (C=O) groups is 2. The molecule has 0 amide bonds. The molecular formula is C16H22FNO4. The largest absolute Gasteiger partial charge is 0.494 e. The quantitative estimate of drug-likeness (QED) is 0.645. The molecule has 1 aromatic rings. The first-order valence-electron chi connectivity index (χ1n) is 7.20. The van der Waals surface area contributed by atoms with Gasteiger partial charge >= 0.3 is 5.97 Å². The molecule has 0 aliphatic carbocycles. The van der Waals surface area contributed by atoms with Crippen LogP contribution < -0.4 is 10.5 Å². The second kappa shape index (κ2) is 9.15. The number of Topliss-reactive ketones (excluding diaryl/α,β-unsaturated/α-hetero) is 1. The van der Waals surface area contributed by atoms with Gasteiger partial charge in [0, 0.05) is 6.42 Å². The molecule has 0 fully saturated rings. The monoisotopic (exact) mass is 311 g/mol. The smallest absolute Gasteiger partial charge is 0.306 e. The lowest BCUT2D eigenvalue weighted by Gasteiger charge is -2.16. The Morgan fingerprint density at radius 3 is 2.45 bits per heavy atom. The van der Waals surface area contributed by atoms with E-state index in [2.05, 4.69) is 0 Å². The zero-order chi connectivity index (χ0) is 16.5. The van der Waals surface area contributed by atoms with Gasteiger partial charge in [0.05, 0.1) is 25.2 Å². The third-order valence-electron chi connectivity index (χ3n) is 3.36. The third-order valence-corrected chi connectivity index (χ3v) is 3.36. The molecule has 5 nitrogen and oxygen atoms in total. The van der Waals surface area contributed by atoms with Crippen LogP contribution in [0.5, 0.6) is 5.75 Å². The highest BCUT2D eigenvalue weighted by Gasteiger charge is 2.23. The molecule has 0 radical (unpaired) electrons. The molecule has 122 valence electrons. The van der Waals surface area contributed by atoms with Crippen LogP contribution in [0.2, 0.25) is 0 Å². The number of alkyl halides is 1. The summed E-state index contributed by atoms with van der Waals surface area (Å²) in [5, 5.41) is 9.24. The van der Waals surface area contributed by atoms with Gasteiger partial charge in [0.1, 0.15) is 11.5 Å². The fraction of sp³-hybridized carbons (Fsp3) is 0.500. The highest BCUT2D eigenvalue weighted by atomic mass is 19.1. The van der Waals surface area contributed by atoms with E-state index in [0.717, 1.165) is 5.56 Å². The number of halogens is 1. The first-order valence-corrected chi connectivity index (χ1v) is 7.20. The number of benzene rings is 1. The van der Waals surface area contributed by atoms with Crippen LogP contribution in [0.15, 0.2) is 24.3 Å². The molecule has 0 saturated carbocycles. The van der Waals surface area contributed by atoms with Crippen molar-refractivity contribution in [1.82, 2.24) is 0 Å². The summed E-state index contributed by atoms with van der Waals surface area (Å²) in [5.41, 5.74) is 6.46. The molecule has 0 aliphatic heterocycles. The van der Waals surface area contributed by atoms with Crippen molar-refractivity contribution >= 4 is 11.8 Å². The van der Waals surface area contributed by atoms with Gasteiger partial charge in [0.25, 0.3) is 0 Å². The van der Waals surface area contributed by atoms with Crippen LogP contribution in [0.25, 0.3) is 0 Å². The van der Waals surface area contributed by atoms with Crippen molar-refractivity contribution in [3.05, 3.63) is 29.8 Å². The highest BCUT2D eigenvalue weighted by molar-refractivity contribution is 5.82. The number of carbonyl (C=O) groups excluding carboxylic acids is 1. The topological polar surface area (TPSA) is 89.6 Å². The molecule has 0 aliphatic rings. The number of rotatable bonds is 10. The van der Waals surface area contributed by atoms with Gasteiger partial charge in [-0.2, -0.15) is 0 Å². The van der Waals surface area contributed by atoms with E-state index in [9.17, 15) is 19.1 Å². The van der Waals surface area contributed by atoms with Crippen LogP contribution in [-0.2, 0) is 16.0 Å². The fourth-order valence-corrected chi connectivity index (χ4v) is 1.99. The van der Waals surface area contributed by atoms with Gasteiger partial charge in [-0.1, -0.05) is 12.1 Å². The molecule has 3 N–H and O–H groups in total. The molecule has 0 spiro atoms. The van der Waals surface area contributed by atoms with Crippen molar-refractivity contribution < 1.29 is 23.8 Å². The lowest BCUT2D eigenvalue weighted by atomic mass is 9.92. The Balaban J connectivity index is 2.62. The van der Waals surface area contributed by atoms with Crippen molar-refractivity contribution in [2.45, 2.75) is 32.2 Å². The second-order valence-corrected chi connectivity index (χ2v) is 5.23. The van der Waals surface area contributed by atoms with Gasteiger partial charge in [-0.3, -0.25) is 14.0 Å². The van der Waals surface area contributed by atoms with Crippen LogP contribution in [0, 0.1) is 5.92 Å². The van der Waals surface area contributed by atoms with Gasteiger partial charge in [-0.25, -0.2) is 0 Å². The maximum absolute atomic E-state index is 12.0. The summed E-state index contributed by atoms with van der Waals surface area (Å²) in [5.74, 6) is -1.29. The van der Waals surface area contributed by atoms with Crippen LogP contribution in [-0.4, -0.2) is 36.2 Å². The van der Waals surface area contributed by atoms with Crippen molar-refractivity contribution in [3.63, 3.8) is 0 Å². The summed E-state index contributed by atoms with van der Waals surface area (Å²) in [6, 6.07) is 6.21. The zero-order valence-electron chi connectivity index (χ0n) is 12.6. The van der Waals surface area contributed by atoms with Gasteiger partial charge < -0.3 is 15.6 Å². The number of hydrogen-bond acceptors (Lipinski definition) is 4. The minimum atomic E-state index is -0.972. The van der Waals surface area contributed by atoms with E-state index in [4.69, 9.17) is 10.5 Å². The van der Waals surface area contributed by atoms with Crippen molar-refractivity contribution in [2.24, 2.45) is 11.7 Å². The van der Waals surface area contributed by atoms with Crippen molar-refractivity contribution in [2.75, 3.05) is 13.3 Å². The van der Waals surface area contributed by atoms with Crippen molar-refractivity contribution in [1.29, 1.82) is 0 Å². The number of carboxylic acid groups (broad SMARTS) is 1. The number of ether oxygens (including phenoxy) is 1. The molecular weight excluding hydrogens is 289 g/mol. The minimum Gasteiger partial charge on any atom is -0.494 e. The van der Waals surface area contributed by atoms with E-state index in [1.807, 2.05) is 0 Å². The maximum Gasteiger partial charge on any atom is 0.306 e. The zero-order valence-corrected chi connectivity index (χ0v) is 12.6. The van der Waals surface area contributed by atoms with Gasteiger partial charge in [-0.05, 0) is 37.5 Å². The third kappa shape index (κ3) is 6.22. The number of nitrogens with two attached hydrogens (primary N) is 1. The summed E-state index contributed by atoms with van der Waals surface area (Å²) < 4.78 is 17.3. The second-order valence-electron chi connectivity index (χ2n) is 5.23. The Labute approximate surface area is 129 Å². The van der Waals surface area contributed by atoms with E-state index < -0.39 is 24.6 Å². The molecule has 2 unspecified atom stereocenters. The Morgan fingerprint density at radius 2 is 1.95 bits per heavy atom. The molecule has 6 heteroatoms. The SMILES string of the molecule is CC(=O)C(N)CC(Cc1ccc(OCCCF)cc1)C(=O)O. The average Bonchev–Trinajstić information content (AvgIpc) is 2.48. The Morgan fingerprint density at radius 1 is 1.32 bits per heavy atom. The van der Waals surface area contributed by atoms with E-state index in [1.54, 1.807) is 24.3 Å². The molecule has 0 heterocycles. The molecule has 0 aromatic heterocycles. The van der Waals surface area contributed by atoms with Crippen molar-refractivity contribution in [3.8, 4) is 5.75 Å². The van der Waals surface area contributed by atoms with E-state index in [-0.39, 0.29) is 12.2 Å². The minimum absolute atomic E-state index is 0.111. The summed E-state index contributed by atoms with van der Waals surface area (Å²) >= 11 is 0. The molecule has 2 atom stereocenters. The predicted octanol–water partition coefficient (Wildman–Crippen LogP) is 1.97. The van der Waals surface area contributed by atoms with Gasteiger partial charge in [-0.15, -0.1) is 0 Å². The molecule has 0 saturated heterocycles. The number of aliphatic carboxylic acids is 1. The Bertz CT molecular complexity index is 489. The van der Waals surface area contributed by atoms with Gasteiger partial charge in [0.2, 0.25) is 0 Å². The average molecular weight is 311 g/mol. The molecule has 22 heavy (non-hydrogen) atoms. The van der Waals surface area contributed by atoms with Gasteiger partial charge in [0.15, 0.2) is 0 Å². The van der Waals surface area contributed by atoms with E-state index in [0.29, 0.717) is 25.2 Å². The fourth-order valence-electron chi connectivity index (χ4n) is 1.99. The van der Waals surface area contributed by atoms with E-state index in [1.165, 1.54) is 6.92 Å². The summed E-state index contributed by atoms with van der Waals surface area (Å²) in [4.78, 5) is 22.4. The maximum atomic E-state index is 12.0. The predicted molar refractivity (Wildman–Crippen MR) is 80.6 cm³/mol. The standard InChI is InChI=1S/C16H22FNO4/c1-11(19)15(18)10-13(16(20)21)9-12-3-5-14(6-4-12)22-8-2-7-17/h3-6,13,15H,2,7-10,18H2,1H3,(H,20,21). The molecule has 0 bridgehead atoms. The van der Waals surface area contributed by atoms with Crippen LogP contribution in [0.3, 0.4) is 0 Å². The highest BCUT2D eigenvalue weighted by Crippen LogP contribution is 2.18. The van der Waals surface area contributed by atoms with E-state index >= 15 is 0 Å². The number of ketones is 1. The molecule has 1 aromatic carbocycles. The summed E-state index contributed by atoms with van der Waals surface area (Å²) in [6.45, 7) is 1.24. The first kappa shape index (κ1) is 18.1.